The summed E-state index contributed by atoms with van der Waals surface area (Å²) in [7, 11) is 0. The Morgan fingerprint density at radius 3 is 2.53 bits per heavy atom. The Kier molecular flexibility index (Phi) is 6.67. The van der Waals surface area contributed by atoms with Gasteiger partial charge in [-0.25, -0.2) is 4.79 Å². The minimum absolute atomic E-state index is 0.211. The summed E-state index contributed by atoms with van der Waals surface area (Å²) in [5.74, 6) is -1.24. The van der Waals surface area contributed by atoms with Gasteiger partial charge in [-0.05, 0) is 26.2 Å². The molecule has 0 aromatic rings. The summed E-state index contributed by atoms with van der Waals surface area (Å²) >= 11 is 0. The van der Waals surface area contributed by atoms with Crippen LogP contribution in [0.3, 0.4) is 0 Å². The van der Waals surface area contributed by atoms with Crippen LogP contribution < -0.4 is 0 Å². The van der Waals surface area contributed by atoms with Crippen LogP contribution in [0.1, 0.15) is 52.4 Å². The second-order valence-electron chi connectivity index (χ2n) is 5.04. The molecule has 1 N–H and O–H groups in total. The van der Waals surface area contributed by atoms with Crippen molar-refractivity contribution in [3.8, 4) is 0 Å². The van der Waals surface area contributed by atoms with E-state index in [1.807, 2.05) is 0 Å². The maximum Gasteiger partial charge on any atom is 0.410 e. The molecule has 0 heterocycles. The van der Waals surface area contributed by atoms with Crippen LogP contribution in [0.2, 0.25) is 0 Å². The minimum atomic E-state index is -0.796. The molecule has 1 aliphatic rings. The van der Waals surface area contributed by atoms with Crippen molar-refractivity contribution < 1.29 is 19.4 Å². The first-order chi connectivity index (χ1) is 9.11. The summed E-state index contributed by atoms with van der Waals surface area (Å²) in [6, 6.07) is -0.211. The zero-order valence-electron chi connectivity index (χ0n) is 11.9. The first-order valence-electron chi connectivity index (χ1n) is 7.28. The van der Waals surface area contributed by atoms with Gasteiger partial charge in [-0.15, -0.1) is 0 Å². The van der Waals surface area contributed by atoms with Gasteiger partial charge in [-0.2, -0.15) is 0 Å². The first kappa shape index (κ1) is 15.8. The van der Waals surface area contributed by atoms with Crippen molar-refractivity contribution in [2.75, 3.05) is 13.2 Å². The lowest BCUT2D eigenvalue weighted by Gasteiger charge is -2.37. The molecule has 1 saturated carbocycles. The number of carboxylic acids is 1. The number of ether oxygens (including phenoxy) is 1. The number of nitrogens with zero attached hydrogens (tertiary/aromatic N) is 1. The van der Waals surface area contributed by atoms with E-state index >= 15 is 0 Å². The number of carboxylic acid groups (broad SMARTS) is 1. The number of amides is 1. The van der Waals surface area contributed by atoms with Crippen LogP contribution in [0.15, 0.2) is 0 Å². The van der Waals surface area contributed by atoms with Crippen LogP contribution in [0.25, 0.3) is 0 Å². The topological polar surface area (TPSA) is 66.8 Å². The summed E-state index contributed by atoms with van der Waals surface area (Å²) < 4.78 is 5.08. The van der Waals surface area contributed by atoms with E-state index in [0.717, 1.165) is 32.1 Å². The molecule has 1 fully saturated rings. The number of unbranched alkanes of at least 4 members (excludes halogenated alkanes) is 1. The maximum atomic E-state index is 12.0. The molecular formula is C14H25NO4. The number of hydrogen-bond acceptors (Lipinski definition) is 3. The van der Waals surface area contributed by atoms with E-state index in [0.29, 0.717) is 19.6 Å². The number of aliphatic carboxylic acids is 1. The zero-order chi connectivity index (χ0) is 14.3. The predicted octanol–water partition coefficient (Wildman–Crippen LogP) is 2.89. The van der Waals surface area contributed by atoms with Crippen LogP contribution in [0.4, 0.5) is 4.79 Å². The lowest BCUT2D eigenvalue weighted by atomic mass is 9.83. The van der Waals surface area contributed by atoms with Gasteiger partial charge in [0.1, 0.15) is 0 Å². The van der Waals surface area contributed by atoms with Crippen molar-refractivity contribution in [1.82, 2.24) is 4.90 Å². The highest BCUT2D eigenvalue weighted by molar-refractivity contribution is 5.73. The molecule has 1 aliphatic carbocycles. The largest absolute Gasteiger partial charge is 0.481 e. The smallest absolute Gasteiger partial charge is 0.410 e. The van der Waals surface area contributed by atoms with Crippen LogP contribution in [-0.4, -0.2) is 41.3 Å². The third-order valence-corrected chi connectivity index (χ3v) is 3.70. The van der Waals surface area contributed by atoms with Crippen LogP contribution in [0.5, 0.6) is 0 Å². The highest BCUT2D eigenvalue weighted by Crippen LogP contribution is 2.29. The standard InChI is InChI=1S/C14H25NO4/c1-3-5-10-15(14(18)19-4-2)12-9-7-6-8-11(12)13(16)17/h11-12H,3-10H2,1-2H3,(H,16,17). The predicted molar refractivity (Wildman–Crippen MR) is 72.0 cm³/mol. The fourth-order valence-electron chi connectivity index (χ4n) is 2.70. The SMILES string of the molecule is CCCCN(C(=O)OCC)C1CCCCC1C(=O)O. The third kappa shape index (κ3) is 4.40. The molecule has 0 bridgehead atoms. The van der Waals surface area contributed by atoms with Crippen LogP contribution >= 0.6 is 0 Å². The Labute approximate surface area is 114 Å². The average Bonchev–Trinajstić information content (AvgIpc) is 2.40. The van der Waals surface area contributed by atoms with E-state index in [9.17, 15) is 14.7 Å². The third-order valence-electron chi connectivity index (χ3n) is 3.70. The molecule has 0 aromatic heterocycles. The van der Waals surface area contributed by atoms with Crippen molar-refractivity contribution >= 4 is 12.1 Å². The quantitative estimate of drug-likeness (QED) is 0.806. The molecule has 0 aromatic carbocycles. The number of hydrogen-bond donors (Lipinski definition) is 1. The summed E-state index contributed by atoms with van der Waals surface area (Å²) in [4.78, 5) is 25.0. The summed E-state index contributed by atoms with van der Waals surface area (Å²) in [5.41, 5.74) is 0. The Morgan fingerprint density at radius 2 is 1.95 bits per heavy atom. The van der Waals surface area contributed by atoms with Gasteiger partial charge in [-0.3, -0.25) is 4.79 Å². The Balaban J connectivity index is 2.80. The van der Waals surface area contributed by atoms with Crippen LogP contribution in [-0.2, 0) is 9.53 Å². The van der Waals surface area contributed by atoms with E-state index in [-0.39, 0.29) is 12.1 Å². The minimum Gasteiger partial charge on any atom is -0.481 e. The van der Waals surface area contributed by atoms with Gasteiger partial charge in [0.2, 0.25) is 0 Å². The van der Waals surface area contributed by atoms with Crippen molar-refractivity contribution in [2.24, 2.45) is 5.92 Å². The van der Waals surface area contributed by atoms with Gasteiger partial charge in [0.05, 0.1) is 12.5 Å². The van der Waals surface area contributed by atoms with Gasteiger partial charge in [0.25, 0.3) is 0 Å². The van der Waals surface area contributed by atoms with E-state index in [1.165, 1.54) is 0 Å². The molecule has 0 saturated heterocycles. The van der Waals surface area contributed by atoms with Crippen molar-refractivity contribution in [2.45, 2.75) is 58.4 Å². The molecule has 19 heavy (non-hydrogen) atoms. The molecule has 0 spiro atoms. The molecule has 5 nitrogen and oxygen atoms in total. The van der Waals surface area contributed by atoms with Gasteiger partial charge < -0.3 is 14.7 Å². The lowest BCUT2D eigenvalue weighted by Crippen LogP contribution is -2.49. The maximum absolute atomic E-state index is 12.0. The highest BCUT2D eigenvalue weighted by Gasteiger charge is 2.37. The van der Waals surface area contributed by atoms with Gasteiger partial charge in [-0.1, -0.05) is 26.2 Å². The summed E-state index contributed by atoms with van der Waals surface area (Å²) in [5, 5.41) is 9.32. The molecule has 2 atom stereocenters. The molecule has 2 unspecified atom stereocenters. The fraction of sp³-hybridized carbons (Fsp3) is 0.857. The molecular weight excluding hydrogens is 246 g/mol. The molecule has 1 rings (SSSR count). The van der Waals surface area contributed by atoms with Crippen molar-refractivity contribution in [3.63, 3.8) is 0 Å². The van der Waals surface area contributed by atoms with Crippen molar-refractivity contribution in [3.05, 3.63) is 0 Å². The van der Waals surface area contributed by atoms with Crippen LogP contribution in [0, 0.1) is 5.92 Å². The monoisotopic (exact) mass is 271 g/mol. The van der Waals surface area contributed by atoms with Crippen molar-refractivity contribution in [1.29, 1.82) is 0 Å². The van der Waals surface area contributed by atoms with E-state index in [2.05, 4.69) is 6.92 Å². The second kappa shape index (κ2) is 8.02. The number of rotatable bonds is 6. The normalized spacial score (nSPS) is 22.8. The Bertz CT molecular complexity index is 306. The molecule has 0 radical (unpaired) electrons. The Morgan fingerprint density at radius 1 is 1.26 bits per heavy atom. The summed E-state index contributed by atoms with van der Waals surface area (Å²) in [6.07, 6.45) is 4.81. The Hall–Kier alpha value is -1.26. The van der Waals surface area contributed by atoms with E-state index in [4.69, 9.17) is 4.74 Å². The fourth-order valence-corrected chi connectivity index (χ4v) is 2.70. The molecule has 1 amide bonds. The average molecular weight is 271 g/mol. The number of carbonyl (C=O) groups is 2. The second-order valence-corrected chi connectivity index (χ2v) is 5.04. The van der Waals surface area contributed by atoms with E-state index in [1.54, 1.807) is 11.8 Å². The molecule has 0 aliphatic heterocycles. The molecule has 5 heteroatoms. The molecule has 110 valence electrons. The van der Waals surface area contributed by atoms with Gasteiger partial charge in [0, 0.05) is 12.6 Å². The number of carbonyl (C=O) groups excluding carboxylic acids is 1. The first-order valence-corrected chi connectivity index (χ1v) is 7.28. The zero-order valence-corrected chi connectivity index (χ0v) is 11.9. The highest BCUT2D eigenvalue weighted by atomic mass is 16.6. The van der Waals surface area contributed by atoms with Gasteiger partial charge in [0.15, 0.2) is 0 Å². The van der Waals surface area contributed by atoms with E-state index < -0.39 is 11.9 Å². The lowest BCUT2D eigenvalue weighted by molar-refractivity contribution is -0.145. The summed E-state index contributed by atoms with van der Waals surface area (Å²) in [6.45, 7) is 4.74. The van der Waals surface area contributed by atoms with Gasteiger partial charge >= 0.3 is 12.1 Å².